The van der Waals surface area contributed by atoms with Gasteiger partial charge in [-0.05, 0) is 44.9 Å². The lowest BCUT2D eigenvalue weighted by Crippen LogP contribution is -2.28. The van der Waals surface area contributed by atoms with E-state index in [2.05, 4.69) is 38.2 Å². The third-order valence-electron chi connectivity index (χ3n) is 15.0. The summed E-state index contributed by atoms with van der Waals surface area (Å²) in [7, 11) is 0. The van der Waals surface area contributed by atoms with Crippen molar-refractivity contribution in [1.82, 2.24) is 0 Å². The zero-order valence-electron chi connectivity index (χ0n) is 48.3. The molecule has 1 atom stereocenters. The van der Waals surface area contributed by atoms with Crippen molar-refractivity contribution in [3.8, 4) is 0 Å². The SMILES string of the molecule is CCCCCC/C=C\C/C=C\CCCCCCCCCC(=O)OC(CO)COC(=O)CCCCCCCCCCCCCCCCCCCCCCCCCCCCCCCCCCCCCCCCC. The molecule has 0 aromatic rings. The highest BCUT2D eigenvalue weighted by atomic mass is 16.6. The van der Waals surface area contributed by atoms with Crippen molar-refractivity contribution >= 4 is 11.9 Å². The number of unbranched alkanes of at least 4 members (excludes halogenated alkanes) is 49. The molecule has 0 aliphatic heterocycles. The molecule has 0 radical (unpaired) electrons. The van der Waals surface area contributed by atoms with Crippen LogP contribution in [0.5, 0.6) is 0 Å². The molecule has 71 heavy (non-hydrogen) atoms. The van der Waals surface area contributed by atoms with Crippen molar-refractivity contribution in [2.75, 3.05) is 13.2 Å². The maximum Gasteiger partial charge on any atom is 0.306 e. The molecule has 1 N–H and O–H groups in total. The van der Waals surface area contributed by atoms with Crippen molar-refractivity contribution in [2.24, 2.45) is 0 Å². The van der Waals surface area contributed by atoms with E-state index in [4.69, 9.17) is 9.47 Å². The molecule has 0 amide bonds. The third-order valence-corrected chi connectivity index (χ3v) is 15.0. The lowest BCUT2D eigenvalue weighted by Gasteiger charge is -2.15. The molecule has 0 aliphatic carbocycles. The van der Waals surface area contributed by atoms with Gasteiger partial charge in [0.1, 0.15) is 6.61 Å². The summed E-state index contributed by atoms with van der Waals surface area (Å²) in [6.07, 6.45) is 80.7. The molecule has 0 aliphatic rings. The van der Waals surface area contributed by atoms with Crippen molar-refractivity contribution in [3.05, 3.63) is 24.3 Å². The number of esters is 2. The van der Waals surface area contributed by atoms with Gasteiger partial charge in [0.05, 0.1) is 6.61 Å². The van der Waals surface area contributed by atoms with Crippen LogP contribution in [0.2, 0.25) is 0 Å². The molecule has 0 aromatic carbocycles. The highest BCUT2D eigenvalue weighted by Crippen LogP contribution is 2.19. The second-order valence-corrected chi connectivity index (χ2v) is 22.2. The van der Waals surface area contributed by atoms with Crippen molar-refractivity contribution in [2.45, 2.75) is 373 Å². The van der Waals surface area contributed by atoms with E-state index in [1.165, 1.54) is 295 Å². The highest BCUT2D eigenvalue weighted by Gasteiger charge is 2.16. The molecular weight excluding hydrogens is 873 g/mol. The molecule has 5 heteroatoms. The van der Waals surface area contributed by atoms with Crippen molar-refractivity contribution < 1.29 is 24.2 Å². The second-order valence-electron chi connectivity index (χ2n) is 22.2. The summed E-state index contributed by atoms with van der Waals surface area (Å²) in [4.78, 5) is 24.5. The average Bonchev–Trinajstić information content (AvgIpc) is 3.37. The fourth-order valence-corrected chi connectivity index (χ4v) is 10.1. The molecular formula is C66H126O5. The van der Waals surface area contributed by atoms with Crippen LogP contribution in [0.1, 0.15) is 367 Å². The predicted molar refractivity (Wildman–Crippen MR) is 311 cm³/mol. The van der Waals surface area contributed by atoms with Gasteiger partial charge in [-0.15, -0.1) is 0 Å². The van der Waals surface area contributed by atoms with Crippen LogP contribution in [0.15, 0.2) is 24.3 Å². The van der Waals surface area contributed by atoms with Gasteiger partial charge < -0.3 is 14.6 Å². The fourth-order valence-electron chi connectivity index (χ4n) is 10.1. The van der Waals surface area contributed by atoms with E-state index in [1.807, 2.05) is 0 Å². The molecule has 0 saturated carbocycles. The summed E-state index contributed by atoms with van der Waals surface area (Å²) >= 11 is 0. The molecule has 1 unspecified atom stereocenters. The van der Waals surface area contributed by atoms with Gasteiger partial charge in [-0.2, -0.15) is 0 Å². The van der Waals surface area contributed by atoms with Gasteiger partial charge in [-0.25, -0.2) is 0 Å². The zero-order valence-corrected chi connectivity index (χ0v) is 48.3. The second kappa shape index (κ2) is 62.7. The molecule has 5 nitrogen and oxygen atoms in total. The molecule has 0 spiro atoms. The van der Waals surface area contributed by atoms with Crippen molar-refractivity contribution in [1.29, 1.82) is 0 Å². The topological polar surface area (TPSA) is 72.8 Å². The summed E-state index contributed by atoms with van der Waals surface area (Å²) < 4.78 is 10.7. The van der Waals surface area contributed by atoms with E-state index in [0.29, 0.717) is 12.8 Å². The summed E-state index contributed by atoms with van der Waals surface area (Å²) in [5, 5.41) is 9.65. The number of rotatable bonds is 61. The third kappa shape index (κ3) is 60.8. The summed E-state index contributed by atoms with van der Waals surface area (Å²) in [5.41, 5.74) is 0. The summed E-state index contributed by atoms with van der Waals surface area (Å²) in [6.45, 7) is 4.17. The number of aliphatic hydroxyl groups excluding tert-OH is 1. The van der Waals surface area contributed by atoms with Crippen LogP contribution in [0.25, 0.3) is 0 Å². The molecule has 0 aromatic heterocycles. The molecule has 0 fully saturated rings. The number of hydrogen-bond acceptors (Lipinski definition) is 5. The van der Waals surface area contributed by atoms with Crippen LogP contribution in [0.4, 0.5) is 0 Å². The van der Waals surface area contributed by atoms with E-state index >= 15 is 0 Å². The number of allylic oxidation sites excluding steroid dienone is 4. The Morgan fingerprint density at radius 2 is 0.563 bits per heavy atom. The van der Waals surface area contributed by atoms with Crippen LogP contribution in [0, 0.1) is 0 Å². The lowest BCUT2D eigenvalue weighted by atomic mass is 10.0. The smallest absolute Gasteiger partial charge is 0.306 e. The quantitative estimate of drug-likeness (QED) is 0.0373. The number of ether oxygens (including phenoxy) is 2. The first-order valence-corrected chi connectivity index (χ1v) is 32.4. The Morgan fingerprint density at radius 1 is 0.324 bits per heavy atom. The molecule has 420 valence electrons. The Hall–Kier alpha value is -1.62. The van der Waals surface area contributed by atoms with E-state index in [-0.39, 0.29) is 25.2 Å². The minimum absolute atomic E-state index is 0.0637. The van der Waals surface area contributed by atoms with Gasteiger partial charge in [0.2, 0.25) is 0 Å². The van der Waals surface area contributed by atoms with Crippen LogP contribution < -0.4 is 0 Å². The maximum absolute atomic E-state index is 12.3. The standard InChI is InChI=1S/C66H126O5/c1-3-5-7-9-11-13-15-17-19-21-23-24-25-26-27-28-29-30-31-32-33-34-35-36-37-38-39-40-41-42-43-45-46-48-50-52-54-56-58-60-65(68)70-63-64(62-67)71-66(69)61-59-57-55-53-51-49-47-44-22-20-18-16-14-12-10-8-6-4-2/h14,16,20,22,64,67H,3-13,15,17-19,21,23-63H2,1-2H3/b16-14-,22-20-. The first-order valence-electron chi connectivity index (χ1n) is 32.4. The first-order chi connectivity index (χ1) is 35.1. The van der Waals surface area contributed by atoms with E-state index in [0.717, 1.165) is 44.9 Å². The van der Waals surface area contributed by atoms with E-state index < -0.39 is 6.10 Å². The van der Waals surface area contributed by atoms with Crippen LogP contribution in [-0.4, -0.2) is 36.4 Å². The fraction of sp³-hybridized carbons (Fsp3) is 0.909. The zero-order chi connectivity index (χ0) is 51.3. The average molecular weight is 1000 g/mol. The van der Waals surface area contributed by atoms with Crippen LogP contribution >= 0.6 is 0 Å². The molecule has 0 heterocycles. The Balaban J connectivity index is 3.35. The van der Waals surface area contributed by atoms with Gasteiger partial charge in [0, 0.05) is 12.8 Å². The van der Waals surface area contributed by atoms with Gasteiger partial charge >= 0.3 is 11.9 Å². The number of hydrogen-bond donors (Lipinski definition) is 1. The summed E-state index contributed by atoms with van der Waals surface area (Å²) in [5.74, 6) is -0.581. The Labute approximate surface area is 444 Å². The minimum Gasteiger partial charge on any atom is -0.462 e. The normalized spacial score (nSPS) is 12.2. The van der Waals surface area contributed by atoms with Gasteiger partial charge in [0.15, 0.2) is 6.10 Å². The number of carbonyl (C=O) groups excluding carboxylic acids is 2. The van der Waals surface area contributed by atoms with Crippen LogP contribution in [-0.2, 0) is 19.1 Å². The molecule has 0 saturated heterocycles. The van der Waals surface area contributed by atoms with Gasteiger partial charge in [-0.1, -0.05) is 334 Å². The van der Waals surface area contributed by atoms with Crippen molar-refractivity contribution in [3.63, 3.8) is 0 Å². The molecule has 0 rings (SSSR count). The maximum atomic E-state index is 12.3. The number of carbonyl (C=O) groups is 2. The summed E-state index contributed by atoms with van der Waals surface area (Å²) in [6, 6.07) is 0. The largest absolute Gasteiger partial charge is 0.462 e. The van der Waals surface area contributed by atoms with Crippen LogP contribution in [0.3, 0.4) is 0 Å². The Bertz CT molecular complexity index is 1080. The van der Waals surface area contributed by atoms with Gasteiger partial charge in [-0.3, -0.25) is 9.59 Å². The highest BCUT2D eigenvalue weighted by molar-refractivity contribution is 5.70. The first kappa shape index (κ1) is 69.4. The molecule has 0 bridgehead atoms. The predicted octanol–water partition coefficient (Wildman–Crippen LogP) is 22.0. The van der Waals surface area contributed by atoms with E-state index in [1.54, 1.807) is 0 Å². The Kier molecular flexibility index (Phi) is 61.2. The van der Waals surface area contributed by atoms with Gasteiger partial charge in [0.25, 0.3) is 0 Å². The lowest BCUT2D eigenvalue weighted by molar-refractivity contribution is -0.161. The Morgan fingerprint density at radius 3 is 0.845 bits per heavy atom. The number of aliphatic hydroxyl groups is 1. The monoisotopic (exact) mass is 999 g/mol. The minimum atomic E-state index is -0.773. The van der Waals surface area contributed by atoms with E-state index in [9.17, 15) is 14.7 Å².